The zero-order valence-electron chi connectivity index (χ0n) is 15.2. The van der Waals surface area contributed by atoms with Crippen LogP contribution in [0.15, 0.2) is 40.6 Å². The van der Waals surface area contributed by atoms with E-state index < -0.39 is 19.9 Å². The van der Waals surface area contributed by atoms with E-state index in [9.17, 15) is 21.6 Å². The predicted octanol–water partition coefficient (Wildman–Crippen LogP) is 1.99. The molecular weight excluding hydrogens is 388 g/mol. The van der Waals surface area contributed by atoms with Crippen molar-refractivity contribution in [1.29, 1.82) is 0 Å². The number of sulfonamides is 1. The third-order valence-corrected chi connectivity index (χ3v) is 8.35. The Hall–Kier alpha value is -1.71. The van der Waals surface area contributed by atoms with E-state index in [0.717, 1.165) is 18.2 Å². The van der Waals surface area contributed by atoms with Gasteiger partial charge in [0.15, 0.2) is 9.84 Å². The number of carbonyl (C=O) groups excluding carboxylic acids is 1. The third kappa shape index (κ3) is 4.97. The average Bonchev–Trinajstić information content (AvgIpc) is 2.94. The molecule has 1 unspecified atom stereocenters. The van der Waals surface area contributed by atoms with Crippen molar-refractivity contribution in [2.45, 2.75) is 31.1 Å². The first kappa shape index (κ1) is 20.0. The van der Waals surface area contributed by atoms with Crippen LogP contribution in [0.3, 0.4) is 0 Å². The molecule has 1 saturated heterocycles. The molecule has 1 N–H and O–H groups in total. The number of hydrogen-bond donors (Lipinski definition) is 1. The lowest BCUT2D eigenvalue weighted by molar-refractivity contribution is -0.116. The van der Waals surface area contributed by atoms with Crippen LogP contribution in [-0.2, 0) is 24.7 Å². The Bertz CT molecular complexity index is 928. The average molecular weight is 413 g/mol. The Morgan fingerprint density at radius 3 is 2.37 bits per heavy atom. The molecule has 0 spiro atoms. The van der Waals surface area contributed by atoms with Crippen molar-refractivity contribution < 1.29 is 21.6 Å². The van der Waals surface area contributed by atoms with E-state index in [-0.39, 0.29) is 28.9 Å². The molecule has 2 aliphatic heterocycles. The van der Waals surface area contributed by atoms with Gasteiger partial charge in [-0.05, 0) is 43.0 Å². The Morgan fingerprint density at radius 1 is 1.19 bits per heavy atom. The van der Waals surface area contributed by atoms with Crippen molar-refractivity contribution in [3.8, 4) is 0 Å². The molecule has 2 heterocycles. The highest BCUT2D eigenvalue weighted by Crippen LogP contribution is 2.25. The number of nitrogens with zero attached hydrogens (tertiary/aromatic N) is 1. The van der Waals surface area contributed by atoms with Gasteiger partial charge in [0.25, 0.3) is 0 Å². The van der Waals surface area contributed by atoms with Gasteiger partial charge in [-0.2, -0.15) is 4.31 Å². The van der Waals surface area contributed by atoms with Gasteiger partial charge < -0.3 is 5.32 Å². The summed E-state index contributed by atoms with van der Waals surface area (Å²) < 4.78 is 49.7. The number of anilines is 1. The summed E-state index contributed by atoms with van der Waals surface area (Å²) in [7, 11) is -6.70. The van der Waals surface area contributed by atoms with Crippen molar-refractivity contribution in [3.05, 3.63) is 35.7 Å². The first-order valence-corrected chi connectivity index (χ1v) is 12.1. The highest BCUT2D eigenvalue weighted by atomic mass is 32.2. The summed E-state index contributed by atoms with van der Waals surface area (Å²) in [6.07, 6.45) is 3.32. The summed E-state index contributed by atoms with van der Waals surface area (Å²) in [4.78, 5) is 12.3. The quantitative estimate of drug-likeness (QED) is 0.797. The molecule has 1 fully saturated rings. The van der Waals surface area contributed by atoms with E-state index in [4.69, 9.17) is 0 Å². The lowest BCUT2D eigenvalue weighted by atomic mass is 10.0. The van der Waals surface area contributed by atoms with E-state index in [1.165, 1.54) is 22.5 Å². The fraction of sp³-hybridized carbons (Fsp3) is 0.500. The normalized spacial score (nSPS) is 23.4. The Morgan fingerprint density at radius 2 is 1.81 bits per heavy atom. The number of amides is 1. The molecule has 1 atom stereocenters. The lowest BCUT2D eigenvalue weighted by Gasteiger charge is -2.29. The number of benzene rings is 1. The molecule has 0 aromatic heterocycles. The molecule has 3 rings (SSSR count). The minimum absolute atomic E-state index is 0.0496. The minimum atomic E-state index is -3.52. The molecule has 1 amide bonds. The largest absolute Gasteiger partial charge is 0.326 e. The van der Waals surface area contributed by atoms with Gasteiger partial charge >= 0.3 is 0 Å². The van der Waals surface area contributed by atoms with E-state index in [1.54, 1.807) is 12.1 Å². The Labute approximate surface area is 160 Å². The van der Waals surface area contributed by atoms with Gasteiger partial charge in [0, 0.05) is 36.5 Å². The second-order valence-corrected chi connectivity index (χ2v) is 11.2. The number of nitrogens with one attached hydrogen (secondary N) is 1. The van der Waals surface area contributed by atoms with Crippen LogP contribution >= 0.6 is 0 Å². The van der Waals surface area contributed by atoms with Crippen LogP contribution in [0.4, 0.5) is 5.69 Å². The van der Waals surface area contributed by atoms with E-state index in [1.807, 2.05) is 0 Å². The first-order valence-electron chi connectivity index (χ1n) is 8.97. The van der Waals surface area contributed by atoms with Gasteiger partial charge in [-0.3, -0.25) is 4.79 Å². The number of carbonyl (C=O) groups is 1. The Kier molecular flexibility index (Phi) is 5.73. The minimum Gasteiger partial charge on any atom is -0.326 e. The monoisotopic (exact) mass is 412 g/mol. The first-order chi connectivity index (χ1) is 12.7. The highest BCUT2D eigenvalue weighted by Gasteiger charge is 2.28. The maximum absolute atomic E-state index is 12.7. The fourth-order valence-corrected chi connectivity index (χ4v) is 6.17. The van der Waals surface area contributed by atoms with Crippen molar-refractivity contribution in [2.75, 3.05) is 24.2 Å². The van der Waals surface area contributed by atoms with Gasteiger partial charge in [0.05, 0.1) is 10.6 Å². The van der Waals surface area contributed by atoms with E-state index in [2.05, 4.69) is 12.2 Å². The van der Waals surface area contributed by atoms with Crippen molar-refractivity contribution >= 4 is 31.5 Å². The van der Waals surface area contributed by atoms with Crippen molar-refractivity contribution in [2.24, 2.45) is 11.8 Å². The maximum Gasteiger partial charge on any atom is 0.243 e. The molecule has 1 aromatic carbocycles. The zero-order valence-corrected chi connectivity index (χ0v) is 16.8. The standard InChI is InChI=1S/C18H24N2O5S2/c1-14-6-9-20(10-7-14)27(24,25)17-4-2-16(3-5-17)19-18(21)12-15-8-11-26(22,23)13-15/h2-5,8,11,14-15H,6-7,9-10,12-13H2,1H3,(H,19,21). The topological polar surface area (TPSA) is 101 Å². The lowest BCUT2D eigenvalue weighted by Crippen LogP contribution is -2.37. The van der Waals surface area contributed by atoms with Crippen LogP contribution < -0.4 is 5.32 Å². The van der Waals surface area contributed by atoms with Crippen LogP contribution in [0.25, 0.3) is 0 Å². The van der Waals surface area contributed by atoms with Gasteiger partial charge in [0.2, 0.25) is 15.9 Å². The fourth-order valence-electron chi connectivity index (χ4n) is 3.30. The van der Waals surface area contributed by atoms with E-state index >= 15 is 0 Å². The molecule has 7 nitrogen and oxygen atoms in total. The molecule has 27 heavy (non-hydrogen) atoms. The third-order valence-electron chi connectivity index (χ3n) is 4.97. The number of allylic oxidation sites excluding steroid dienone is 1. The summed E-state index contributed by atoms with van der Waals surface area (Å²) in [6, 6.07) is 6.09. The number of hydrogen-bond acceptors (Lipinski definition) is 5. The highest BCUT2D eigenvalue weighted by molar-refractivity contribution is 7.94. The van der Waals surface area contributed by atoms with Crippen LogP contribution in [0, 0.1) is 11.8 Å². The molecule has 2 aliphatic rings. The summed E-state index contributed by atoms with van der Waals surface area (Å²) >= 11 is 0. The molecular formula is C18H24N2O5S2. The van der Waals surface area contributed by atoms with Crippen LogP contribution in [0.5, 0.6) is 0 Å². The second-order valence-electron chi connectivity index (χ2n) is 7.28. The van der Waals surface area contributed by atoms with Crippen LogP contribution in [-0.4, -0.2) is 45.9 Å². The second kappa shape index (κ2) is 7.73. The summed E-state index contributed by atoms with van der Waals surface area (Å²) in [5.41, 5.74) is 0.482. The maximum atomic E-state index is 12.7. The molecule has 148 valence electrons. The molecule has 0 aliphatic carbocycles. The Balaban J connectivity index is 1.60. The molecule has 0 radical (unpaired) electrons. The zero-order chi connectivity index (χ0) is 19.7. The van der Waals surface area contributed by atoms with Gasteiger partial charge in [-0.15, -0.1) is 0 Å². The molecule has 0 saturated carbocycles. The SMILES string of the molecule is CC1CCN(S(=O)(=O)c2ccc(NC(=O)CC3C=CS(=O)(=O)C3)cc2)CC1. The molecule has 1 aromatic rings. The number of sulfone groups is 1. The van der Waals surface area contributed by atoms with Gasteiger partial charge in [-0.1, -0.05) is 13.0 Å². The smallest absolute Gasteiger partial charge is 0.243 e. The van der Waals surface area contributed by atoms with Crippen LogP contribution in [0.1, 0.15) is 26.2 Å². The van der Waals surface area contributed by atoms with E-state index in [0.29, 0.717) is 24.7 Å². The van der Waals surface area contributed by atoms with Crippen molar-refractivity contribution in [3.63, 3.8) is 0 Å². The van der Waals surface area contributed by atoms with Crippen molar-refractivity contribution in [1.82, 2.24) is 4.31 Å². The van der Waals surface area contributed by atoms with Gasteiger partial charge in [0.1, 0.15) is 0 Å². The summed E-state index contributed by atoms with van der Waals surface area (Å²) in [5, 5.41) is 3.83. The van der Waals surface area contributed by atoms with Crippen LogP contribution in [0.2, 0.25) is 0 Å². The predicted molar refractivity (Wildman–Crippen MR) is 103 cm³/mol. The number of rotatable bonds is 5. The molecule has 9 heteroatoms. The number of piperidine rings is 1. The molecule has 0 bridgehead atoms. The summed E-state index contributed by atoms with van der Waals surface area (Å²) in [5.74, 6) is -0.135. The van der Waals surface area contributed by atoms with Gasteiger partial charge in [-0.25, -0.2) is 16.8 Å². The summed E-state index contributed by atoms with van der Waals surface area (Å²) in [6.45, 7) is 3.18.